The van der Waals surface area contributed by atoms with Crippen LogP contribution in [0.2, 0.25) is 0 Å². The number of aromatic nitrogens is 2. The average molecular weight is 409 g/mol. The number of ketones is 1. The van der Waals surface area contributed by atoms with Crippen molar-refractivity contribution in [1.82, 2.24) is 4.57 Å². The van der Waals surface area contributed by atoms with Crippen LogP contribution >= 0.6 is 0 Å². The first-order chi connectivity index (χ1) is 14.5. The molecule has 1 aromatic heterocycles. The quantitative estimate of drug-likeness (QED) is 0.355. The summed E-state index contributed by atoms with van der Waals surface area (Å²) in [6.07, 6.45) is 0. The Hall–Kier alpha value is -3.35. The molecular formula is C23H25N2O5+. The summed E-state index contributed by atoms with van der Waals surface area (Å²) in [5.74, 6) is 1.78. The first kappa shape index (κ1) is 19.9. The molecule has 30 heavy (non-hydrogen) atoms. The maximum absolute atomic E-state index is 13.1. The third-order valence-electron chi connectivity index (χ3n) is 5.33. The molecule has 0 atom stereocenters. The Morgan fingerprint density at radius 3 is 2.50 bits per heavy atom. The highest BCUT2D eigenvalue weighted by molar-refractivity contribution is 5.98. The molecule has 0 unspecified atom stereocenters. The van der Waals surface area contributed by atoms with E-state index in [1.165, 1.54) is 0 Å². The van der Waals surface area contributed by atoms with E-state index in [0.29, 0.717) is 42.4 Å². The molecule has 0 aliphatic carbocycles. The SMILES string of the molecule is CCOC(=O)c1ccc2c(c1)n(CC(=O)c1ccc3c(c1)OCCO3)c(C)[n+]2CC. The monoisotopic (exact) mass is 409 g/mol. The lowest BCUT2D eigenvalue weighted by Gasteiger charge is -2.18. The van der Waals surface area contributed by atoms with E-state index in [1.807, 2.05) is 17.6 Å². The normalized spacial score (nSPS) is 12.8. The number of carbonyl (C=O) groups is 2. The summed E-state index contributed by atoms with van der Waals surface area (Å²) in [5, 5.41) is 0. The molecule has 0 radical (unpaired) electrons. The summed E-state index contributed by atoms with van der Waals surface area (Å²) < 4.78 is 20.4. The molecule has 0 bridgehead atoms. The summed E-state index contributed by atoms with van der Waals surface area (Å²) in [7, 11) is 0. The molecule has 156 valence electrons. The van der Waals surface area contributed by atoms with E-state index in [0.717, 1.165) is 23.4 Å². The van der Waals surface area contributed by atoms with Gasteiger partial charge in [0.15, 0.2) is 29.1 Å². The Morgan fingerprint density at radius 2 is 1.77 bits per heavy atom. The minimum atomic E-state index is -0.369. The number of rotatable bonds is 6. The van der Waals surface area contributed by atoms with Gasteiger partial charge in [0.2, 0.25) is 5.78 Å². The lowest BCUT2D eigenvalue weighted by Crippen LogP contribution is -2.35. The fourth-order valence-corrected chi connectivity index (χ4v) is 3.85. The number of carbonyl (C=O) groups excluding carboxylic acids is 2. The highest BCUT2D eigenvalue weighted by Gasteiger charge is 2.25. The van der Waals surface area contributed by atoms with Crippen molar-refractivity contribution in [3.63, 3.8) is 0 Å². The molecule has 4 rings (SSSR count). The second-order valence-corrected chi connectivity index (χ2v) is 7.08. The van der Waals surface area contributed by atoms with E-state index in [-0.39, 0.29) is 18.3 Å². The number of hydrogen-bond donors (Lipinski definition) is 0. The molecule has 2 heterocycles. The van der Waals surface area contributed by atoms with Crippen LogP contribution in [-0.4, -0.2) is 36.1 Å². The Kier molecular flexibility index (Phi) is 5.44. The Morgan fingerprint density at radius 1 is 1.03 bits per heavy atom. The van der Waals surface area contributed by atoms with E-state index in [1.54, 1.807) is 37.3 Å². The third kappa shape index (κ3) is 3.51. The Labute approximate surface area is 174 Å². The summed E-state index contributed by atoms with van der Waals surface area (Å²) in [5.41, 5.74) is 2.83. The van der Waals surface area contributed by atoms with Crippen molar-refractivity contribution in [2.45, 2.75) is 33.9 Å². The molecule has 0 fully saturated rings. The fourth-order valence-electron chi connectivity index (χ4n) is 3.85. The lowest BCUT2D eigenvalue weighted by atomic mass is 10.1. The first-order valence-electron chi connectivity index (χ1n) is 10.2. The molecule has 3 aromatic rings. The summed E-state index contributed by atoms with van der Waals surface area (Å²) in [6, 6.07) is 10.7. The van der Waals surface area contributed by atoms with Crippen molar-refractivity contribution < 1.29 is 28.4 Å². The second-order valence-electron chi connectivity index (χ2n) is 7.08. The summed E-state index contributed by atoms with van der Waals surface area (Å²) >= 11 is 0. The predicted molar refractivity (Wildman–Crippen MR) is 110 cm³/mol. The Bertz CT molecular complexity index is 1130. The summed E-state index contributed by atoms with van der Waals surface area (Å²) in [6.45, 7) is 8.01. The van der Waals surface area contributed by atoms with E-state index in [9.17, 15) is 9.59 Å². The van der Waals surface area contributed by atoms with Crippen LogP contribution in [0, 0.1) is 6.92 Å². The van der Waals surface area contributed by atoms with Crippen LogP contribution in [0.1, 0.15) is 40.4 Å². The van der Waals surface area contributed by atoms with Crippen LogP contribution in [0.5, 0.6) is 11.5 Å². The standard InChI is InChI=1S/C23H25N2O5/c1-4-24-15(3)25(19-12-17(6-8-18(19)24)23(27)28-5-2)14-20(26)16-7-9-21-22(13-16)30-11-10-29-21/h6-9,12-13H,4-5,10-11,14H2,1-3H3/q+1. The Balaban J connectivity index is 1.72. The zero-order chi connectivity index (χ0) is 21.3. The van der Waals surface area contributed by atoms with Gasteiger partial charge in [0.1, 0.15) is 13.2 Å². The zero-order valence-electron chi connectivity index (χ0n) is 17.4. The molecule has 0 saturated heterocycles. The van der Waals surface area contributed by atoms with Gasteiger partial charge in [-0.2, -0.15) is 0 Å². The molecule has 0 spiro atoms. The van der Waals surface area contributed by atoms with Crippen LogP contribution < -0.4 is 14.0 Å². The predicted octanol–water partition coefficient (Wildman–Crippen LogP) is 3.09. The molecule has 1 aliphatic rings. The van der Waals surface area contributed by atoms with Crippen molar-refractivity contribution in [3.8, 4) is 11.5 Å². The molecule has 1 aliphatic heterocycles. The van der Waals surface area contributed by atoms with E-state index in [2.05, 4.69) is 11.5 Å². The van der Waals surface area contributed by atoms with E-state index < -0.39 is 0 Å². The van der Waals surface area contributed by atoms with Gasteiger partial charge in [-0.1, -0.05) is 0 Å². The van der Waals surface area contributed by atoms with Gasteiger partial charge in [-0.25, -0.2) is 13.9 Å². The zero-order valence-corrected chi connectivity index (χ0v) is 17.4. The lowest BCUT2D eigenvalue weighted by molar-refractivity contribution is -0.674. The minimum Gasteiger partial charge on any atom is -0.486 e. The first-order valence-corrected chi connectivity index (χ1v) is 10.2. The van der Waals surface area contributed by atoms with Crippen molar-refractivity contribution in [1.29, 1.82) is 0 Å². The highest BCUT2D eigenvalue weighted by Crippen LogP contribution is 2.31. The van der Waals surface area contributed by atoms with Gasteiger partial charge in [0, 0.05) is 18.6 Å². The number of nitrogens with zero attached hydrogens (tertiary/aromatic N) is 2. The molecule has 7 nitrogen and oxygen atoms in total. The van der Waals surface area contributed by atoms with Crippen LogP contribution in [-0.2, 0) is 17.8 Å². The number of aryl methyl sites for hydroxylation is 1. The van der Waals surface area contributed by atoms with E-state index >= 15 is 0 Å². The van der Waals surface area contributed by atoms with E-state index in [4.69, 9.17) is 14.2 Å². The molecule has 7 heteroatoms. The number of benzene rings is 2. The number of Topliss-reactive ketones (excluding diaryl/α,β-unsaturated/α-hetero) is 1. The maximum Gasteiger partial charge on any atom is 0.338 e. The number of esters is 1. The molecular weight excluding hydrogens is 384 g/mol. The highest BCUT2D eigenvalue weighted by atomic mass is 16.6. The van der Waals surface area contributed by atoms with Crippen molar-refractivity contribution in [2.24, 2.45) is 0 Å². The number of hydrogen-bond acceptors (Lipinski definition) is 5. The van der Waals surface area contributed by atoms with Gasteiger partial charge >= 0.3 is 5.97 Å². The number of imidazole rings is 1. The average Bonchev–Trinajstić information content (AvgIpc) is 3.03. The van der Waals surface area contributed by atoms with Crippen LogP contribution in [0.25, 0.3) is 11.0 Å². The largest absolute Gasteiger partial charge is 0.486 e. The van der Waals surface area contributed by atoms with Crippen molar-refractivity contribution in [3.05, 3.63) is 53.3 Å². The summed E-state index contributed by atoms with van der Waals surface area (Å²) in [4.78, 5) is 25.3. The van der Waals surface area contributed by atoms with Gasteiger partial charge in [-0.15, -0.1) is 0 Å². The van der Waals surface area contributed by atoms with Crippen molar-refractivity contribution in [2.75, 3.05) is 19.8 Å². The van der Waals surface area contributed by atoms with Gasteiger partial charge in [0.05, 0.1) is 18.7 Å². The number of ether oxygens (including phenoxy) is 3. The van der Waals surface area contributed by atoms with Gasteiger partial charge in [-0.05, 0) is 44.2 Å². The molecule has 0 amide bonds. The minimum absolute atomic E-state index is 0.0447. The maximum atomic E-state index is 13.1. The number of fused-ring (bicyclic) bond motifs is 2. The second kappa shape index (κ2) is 8.18. The fraction of sp³-hybridized carbons (Fsp3) is 0.348. The topological polar surface area (TPSA) is 70.6 Å². The van der Waals surface area contributed by atoms with Crippen LogP contribution in [0.15, 0.2) is 36.4 Å². The molecule has 2 aromatic carbocycles. The third-order valence-corrected chi connectivity index (χ3v) is 5.33. The van der Waals surface area contributed by atoms with Gasteiger partial charge in [-0.3, -0.25) is 4.79 Å². The van der Waals surface area contributed by atoms with Gasteiger partial charge in [0.25, 0.3) is 5.82 Å². The molecule has 0 N–H and O–H groups in total. The van der Waals surface area contributed by atoms with Crippen LogP contribution in [0.3, 0.4) is 0 Å². The smallest absolute Gasteiger partial charge is 0.338 e. The molecule has 0 saturated carbocycles. The van der Waals surface area contributed by atoms with Crippen molar-refractivity contribution >= 4 is 22.8 Å². The van der Waals surface area contributed by atoms with Crippen LogP contribution in [0.4, 0.5) is 0 Å². The van der Waals surface area contributed by atoms with Gasteiger partial charge < -0.3 is 14.2 Å².